The molecule has 0 bridgehead atoms. The third-order valence-corrected chi connectivity index (χ3v) is 4.32. The van der Waals surface area contributed by atoms with Gasteiger partial charge < -0.3 is 15.5 Å². The van der Waals surface area contributed by atoms with Crippen LogP contribution in [0.4, 0.5) is 0 Å². The SMILES string of the molecule is CN=C(NCCN(C)C(C)C)NCc1ccccc1Cn1cccn1. The van der Waals surface area contributed by atoms with E-state index in [0.29, 0.717) is 6.04 Å². The third-order valence-electron chi connectivity index (χ3n) is 4.32. The summed E-state index contributed by atoms with van der Waals surface area (Å²) in [5.41, 5.74) is 2.51. The molecule has 0 fully saturated rings. The summed E-state index contributed by atoms with van der Waals surface area (Å²) in [4.78, 5) is 6.61. The standard InChI is InChI=1S/C19H30N6/c1-16(2)24(4)13-11-21-19(20-3)22-14-17-8-5-6-9-18(17)15-25-12-7-10-23-25/h5-10,12,16H,11,13-15H2,1-4H3,(H2,20,21,22). The number of aliphatic imine (C=N–C) groups is 1. The predicted molar refractivity (Wildman–Crippen MR) is 104 cm³/mol. The topological polar surface area (TPSA) is 57.5 Å². The first-order valence-corrected chi connectivity index (χ1v) is 8.79. The van der Waals surface area contributed by atoms with Gasteiger partial charge in [-0.1, -0.05) is 24.3 Å². The minimum absolute atomic E-state index is 0.547. The van der Waals surface area contributed by atoms with Crippen LogP contribution in [0.25, 0.3) is 0 Å². The van der Waals surface area contributed by atoms with Crippen molar-refractivity contribution in [3.05, 3.63) is 53.9 Å². The molecule has 0 spiro atoms. The van der Waals surface area contributed by atoms with Crippen molar-refractivity contribution in [2.45, 2.75) is 33.0 Å². The molecule has 2 aromatic rings. The van der Waals surface area contributed by atoms with Crippen LogP contribution in [-0.4, -0.2) is 53.9 Å². The number of guanidine groups is 1. The lowest BCUT2D eigenvalue weighted by atomic mass is 10.1. The van der Waals surface area contributed by atoms with Gasteiger partial charge in [0.25, 0.3) is 0 Å². The quantitative estimate of drug-likeness (QED) is 0.569. The average Bonchev–Trinajstić information content (AvgIpc) is 3.11. The van der Waals surface area contributed by atoms with Gasteiger partial charge >= 0.3 is 0 Å². The summed E-state index contributed by atoms with van der Waals surface area (Å²) >= 11 is 0. The zero-order valence-electron chi connectivity index (χ0n) is 15.7. The molecule has 0 aliphatic rings. The van der Waals surface area contributed by atoms with Crippen LogP contribution < -0.4 is 10.6 Å². The second-order valence-corrected chi connectivity index (χ2v) is 6.40. The molecule has 1 aromatic carbocycles. The number of likely N-dealkylation sites (N-methyl/N-ethyl adjacent to an activating group) is 1. The van der Waals surface area contributed by atoms with Crippen LogP contribution in [0.2, 0.25) is 0 Å². The summed E-state index contributed by atoms with van der Waals surface area (Å²) in [6, 6.07) is 10.9. The van der Waals surface area contributed by atoms with Gasteiger partial charge in [-0.15, -0.1) is 0 Å². The monoisotopic (exact) mass is 342 g/mol. The van der Waals surface area contributed by atoms with E-state index in [4.69, 9.17) is 0 Å². The average molecular weight is 342 g/mol. The highest BCUT2D eigenvalue weighted by molar-refractivity contribution is 5.79. The molecule has 6 nitrogen and oxygen atoms in total. The minimum Gasteiger partial charge on any atom is -0.355 e. The summed E-state index contributed by atoms with van der Waals surface area (Å²) in [6.07, 6.45) is 3.79. The van der Waals surface area contributed by atoms with E-state index >= 15 is 0 Å². The van der Waals surface area contributed by atoms with E-state index in [2.05, 4.69) is 70.8 Å². The summed E-state index contributed by atoms with van der Waals surface area (Å²) in [5, 5.41) is 11.1. The predicted octanol–water partition coefficient (Wildman–Crippen LogP) is 1.94. The molecule has 0 atom stereocenters. The summed E-state index contributed by atoms with van der Waals surface area (Å²) in [6.45, 7) is 7.75. The molecule has 0 unspecified atom stereocenters. The maximum absolute atomic E-state index is 4.31. The van der Waals surface area contributed by atoms with Gasteiger partial charge in [-0.05, 0) is 38.1 Å². The molecule has 2 rings (SSSR count). The van der Waals surface area contributed by atoms with Gasteiger partial charge in [-0.3, -0.25) is 9.67 Å². The zero-order chi connectivity index (χ0) is 18.1. The van der Waals surface area contributed by atoms with Crippen LogP contribution in [0.15, 0.2) is 47.7 Å². The molecular weight excluding hydrogens is 312 g/mol. The first kappa shape index (κ1) is 19.0. The van der Waals surface area contributed by atoms with Crippen molar-refractivity contribution in [1.82, 2.24) is 25.3 Å². The Morgan fingerprint density at radius 2 is 1.96 bits per heavy atom. The Bertz CT molecular complexity index is 648. The largest absolute Gasteiger partial charge is 0.355 e. The summed E-state index contributed by atoms with van der Waals surface area (Å²) in [5.74, 6) is 0.825. The highest BCUT2D eigenvalue weighted by Gasteiger charge is 2.06. The van der Waals surface area contributed by atoms with E-state index in [-0.39, 0.29) is 0 Å². The lowest BCUT2D eigenvalue weighted by Gasteiger charge is -2.21. The number of nitrogens with zero attached hydrogens (tertiary/aromatic N) is 4. The van der Waals surface area contributed by atoms with Gasteiger partial charge in [-0.25, -0.2) is 0 Å². The molecule has 0 radical (unpaired) electrons. The van der Waals surface area contributed by atoms with E-state index in [0.717, 1.165) is 32.1 Å². The summed E-state index contributed by atoms with van der Waals surface area (Å²) in [7, 11) is 3.94. The van der Waals surface area contributed by atoms with Crippen LogP contribution in [0.5, 0.6) is 0 Å². The van der Waals surface area contributed by atoms with Gasteiger partial charge in [0.15, 0.2) is 5.96 Å². The van der Waals surface area contributed by atoms with Crippen molar-refractivity contribution in [3.63, 3.8) is 0 Å². The fraction of sp³-hybridized carbons (Fsp3) is 0.474. The Labute approximate surface area is 151 Å². The fourth-order valence-electron chi connectivity index (χ4n) is 2.46. The maximum atomic E-state index is 4.31. The smallest absolute Gasteiger partial charge is 0.191 e. The molecule has 2 N–H and O–H groups in total. The number of aromatic nitrogens is 2. The van der Waals surface area contributed by atoms with Crippen LogP contribution in [0.3, 0.4) is 0 Å². The Balaban J connectivity index is 1.87. The van der Waals surface area contributed by atoms with E-state index in [9.17, 15) is 0 Å². The van der Waals surface area contributed by atoms with Crippen LogP contribution >= 0.6 is 0 Å². The lowest BCUT2D eigenvalue weighted by molar-refractivity contribution is 0.278. The first-order chi connectivity index (χ1) is 12.1. The van der Waals surface area contributed by atoms with Crippen molar-refractivity contribution in [1.29, 1.82) is 0 Å². The van der Waals surface area contributed by atoms with Crippen molar-refractivity contribution < 1.29 is 0 Å². The van der Waals surface area contributed by atoms with Gasteiger partial charge in [0, 0.05) is 45.1 Å². The molecule has 136 valence electrons. The van der Waals surface area contributed by atoms with Gasteiger partial charge in [0.1, 0.15) is 0 Å². The summed E-state index contributed by atoms with van der Waals surface area (Å²) < 4.78 is 1.94. The van der Waals surface area contributed by atoms with E-state index in [1.165, 1.54) is 11.1 Å². The Morgan fingerprint density at radius 3 is 2.60 bits per heavy atom. The molecule has 1 aromatic heterocycles. The Hall–Kier alpha value is -2.34. The number of hydrogen-bond donors (Lipinski definition) is 2. The van der Waals surface area contributed by atoms with Crippen LogP contribution in [0, 0.1) is 0 Å². The normalized spacial score (nSPS) is 12.0. The maximum Gasteiger partial charge on any atom is 0.191 e. The van der Waals surface area contributed by atoms with E-state index in [1.807, 2.05) is 16.9 Å². The van der Waals surface area contributed by atoms with E-state index < -0.39 is 0 Å². The first-order valence-electron chi connectivity index (χ1n) is 8.79. The molecular formula is C19H30N6. The molecule has 25 heavy (non-hydrogen) atoms. The number of benzene rings is 1. The van der Waals surface area contributed by atoms with Gasteiger partial charge in [-0.2, -0.15) is 5.10 Å². The molecule has 0 amide bonds. The van der Waals surface area contributed by atoms with Crippen LogP contribution in [-0.2, 0) is 13.1 Å². The van der Waals surface area contributed by atoms with Crippen molar-refractivity contribution in [2.75, 3.05) is 27.2 Å². The Kier molecular flexibility index (Phi) is 7.47. The third kappa shape index (κ3) is 6.23. The van der Waals surface area contributed by atoms with Crippen molar-refractivity contribution in [2.24, 2.45) is 4.99 Å². The molecule has 0 aliphatic heterocycles. The number of nitrogens with one attached hydrogen (secondary N) is 2. The lowest BCUT2D eigenvalue weighted by Crippen LogP contribution is -2.41. The zero-order valence-corrected chi connectivity index (χ0v) is 15.7. The number of hydrogen-bond acceptors (Lipinski definition) is 3. The fourth-order valence-corrected chi connectivity index (χ4v) is 2.46. The molecule has 1 heterocycles. The van der Waals surface area contributed by atoms with Crippen LogP contribution in [0.1, 0.15) is 25.0 Å². The Morgan fingerprint density at radius 1 is 1.20 bits per heavy atom. The van der Waals surface area contributed by atoms with Crippen molar-refractivity contribution in [3.8, 4) is 0 Å². The van der Waals surface area contributed by atoms with Gasteiger partial charge in [0.05, 0.1) is 6.54 Å². The molecule has 0 aliphatic carbocycles. The number of rotatable bonds is 8. The van der Waals surface area contributed by atoms with Gasteiger partial charge in [0.2, 0.25) is 0 Å². The van der Waals surface area contributed by atoms with Crippen molar-refractivity contribution >= 4 is 5.96 Å². The highest BCUT2D eigenvalue weighted by atomic mass is 15.3. The minimum atomic E-state index is 0.547. The molecule has 0 saturated heterocycles. The molecule has 6 heteroatoms. The molecule has 0 saturated carbocycles. The second-order valence-electron chi connectivity index (χ2n) is 6.40. The second kappa shape index (κ2) is 9.84. The van der Waals surface area contributed by atoms with E-state index in [1.54, 1.807) is 13.2 Å². The highest BCUT2D eigenvalue weighted by Crippen LogP contribution is 2.10.